The van der Waals surface area contributed by atoms with E-state index in [2.05, 4.69) is 42.8 Å². The Balaban J connectivity index is 2.41. The molecule has 0 saturated heterocycles. The first kappa shape index (κ1) is 17.3. The molecule has 0 spiro atoms. The van der Waals surface area contributed by atoms with E-state index in [4.69, 9.17) is 5.11 Å². The van der Waals surface area contributed by atoms with Crippen LogP contribution in [-0.2, 0) is 4.79 Å². The van der Waals surface area contributed by atoms with E-state index >= 15 is 0 Å². The summed E-state index contributed by atoms with van der Waals surface area (Å²) >= 11 is 0. The molecule has 0 aliphatic carbocycles. The first-order chi connectivity index (χ1) is 11.1. The van der Waals surface area contributed by atoms with Crippen LogP contribution in [0.5, 0.6) is 0 Å². The predicted octanol–water partition coefficient (Wildman–Crippen LogP) is 5.66. The van der Waals surface area contributed by atoms with Crippen molar-refractivity contribution in [2.45, 2.75) is 58.9 Å². The molecule has 2 aromatic rings. The van der Waals surface area contributed by atoms with Gasteiger partial charge in [0.15, 0.2) is 0 Å². The number of benzene rings is 1. The first-order valence-electron chi connectivity index (χ1n) is 8.65. The second kappa shape index (κ2) is 8.00. The Hall–Kier alpha value is -2.03. The summed E-state index contributed by atoms with van der Waals surface area (Å²) in [5.41, 5.74) is 3.11. The molecule has 0 fully saturated rings. The van der Waals surface area contributed by atoms with Crippen LogP contribution in [-0.4, -0.2) is 15.6 Å². The average molecular weight is 313 g/mol. The fraction of sp³-hybridized carbons (Fsp3) is 0.450. The van der Waals surface area contributed by atoms with E-state index in [1.165, 1.54) is 42.7 Å². The van der Waals surface area contributed by atoms with Gasteiger partial charge in [-0.05, 0) is 48.6 Å². The van der Waals surface area contributed by atoms with Gasteiger partial charge in [-0.15, -0.1) is 0 Å². The van der Waals surface area contributed by atoms with Gasteiger partial charge in [-0.3, -0.25) is 0 Å². The zero-order valence-corrected chi connectivity index (χ0v) is 14.4. The SMILES string of the molecule is CCCC(CCC)n1ccc2cc(/C(=C/C(=O)O)CC)ccc21. The molecule has 1 N–H and O–H groups in total. The van der Waals surface area contributed by atoms with Crippen LogP contribution < -0.4 is 0 Å². The van der Waals surface area contributed by atoms with Crippen LogP contribution in [0.1, 0.15) is 64.5 Å². The van der Waals surface area contributed by atoms with Gasteiger partial charge in [0.05, 0.1) is 0 Å². The molecular formula is C20H27NO2. The van der Waals surface area contributed by atoms with Gasteiger partial charge in [0.2, 0.25) is 0 Å². The lowest BCUT2D eigenvalue weighted by atomic mass is 10.0. The van der Waals surface area contributed by atoms with Crippen molar-refractivity contribution in [1.29, 1.82) is 0 Å². The van der Waals surface area contributed by atoms with Crippen LogP contribution in [0.4, 0.5) is 0 Å². The molecule has 0 aliphatic heterocycles. The van der Waals surface area contributed by atoms with E-state index in [0.29, 0.717) is 12.5 Å². The van der Waals surface area contributed by atoms with Gasteiger partial charge in [0.25, 0.3) is 0 Å². The third-order valence-corrected chi connectivity index (χ3v) is 4.41. The number of carboxylic acid groups (broad SMARTS) is 1. The number of aromatic nitrogens is 1. The van der Waals surface area contributed by atoms with Gasteiger partial charge in [0.1, 0.15) is 0 Å². The van der Waals surface area contributed by atoms with Crippen LogP contribution in [0, 0.1) is 0 Å². The third-order valence-electron chi connectivity index (χ3n) is 4.41. The summed E-state index contributed by atoms with van der Waals surface area (Å²) in [6.45, 7) is 6.45. The summed E-state index contributed by atoms with van der Waals surface area (Å²) in [4.78, 5) is 11.0. The standard InChI is InChI=1S/C20H27NO2/c1-4-7-18(8-5-2)21-12-11-17-13-16(9-10-19(17)21)15(6-3)14-20(22)23/h9-14,18H,4-8H2,1-3H3,(H,22,23)/b15-14+. The van der Waals surface area contributed by atoms with Crippen LogP contribution >= 0.6 is 0 Å². The highest BCUT2D eigenvalue weighted by atomic mass is 16.4. The Morgan fingerprint density at radius 2 is 1.87 bits per heavy atom. The molecule has 3 heteroatoms. The van der Waals surface area contributed by atoms with Gasteiger partial charge in [-0.2, -0.15) is 0 Å². The van der Waals surface area contributed by atoms with E-state index in [9.17, 15) is 4.79 Å². The molecule has 0 unspecified atom stereocenters. The Kier molecular flexibility index (Phi) is 6.03. The summed E-state index contributed by atoms with van der Waals surface area (Å²) < 4.78 is 2.39. The molecule has 0 aliphatic rings. The van der Waals surface area contributed by atoms with Gasteiger partial charge in [-0.25, -0.2) is 4.79 Å². The Morgan fingerprint density at radius 1 is 1.17 bits per heavy atom. The van der Waals surface area contributed by atoms with E-state index < -0.39 is 5.97 Å². The zero-order chi connectivity index (χ0) is 16.8. The summed E-state index contributed by atoms with van der Waals surface area (Å²) in [6, 6.07) is 8.98. The maximum Gasteiger partial charge on any atom is 0.328 e. The smallest absolute Gasteiger partial charge is 0.328 e. The van der Waals surface area contributed by atoms with Crippen molar-refractivity contribution in [2.75, 3.05) is 0 Å². The predicted molar refractivity (Wildman–Crippen MR) is 96.7 cm³/mol. The Morgan fingerprint density at radius 3 is 2.43 bits per heavy atom. The van der Waals surface area contributed by atoms with Crippen LogP contribution in [0.15, 0.2) is 36.5 Å². The highest BCUT2D eigenvalue weighted by Gasteiger charge is 2.12. The number of nitrogens with zero attached hydrogens (tertiary/aromatic N) is 1. The van der Waals surface area contributed by atoms with Crippen LogP contribution in [0.25, 0.3) is 16.5 Å². The van der Waals surface area contributed by atoms with Gasteiger partial charge in [-0.1, -0.05) is 39.7 Å². The van der Waals surface area contributed by atoms with Crippen molar-refractivity contribution in [3.05, 3.63) is 42.1 Å². The minimum absolute atomic E-state index is 0.550. The summed E-state index contributed by atoms with van der Waals surface area (Å²) in [5, 5.41) is 10.2. The molecular weight excluding hydrogens is 286 g/mol. The molecule has 23 heavy (non-hydrogen) atoms. The van der Waals surface area contributed by atoms with Crippen molar-refractivity contribution in [3.63, 3.8) is 0 Å². The van der Waals surface area contributed by atoms with Gasteiger partial charge < -0.3 is 9.67 Å². The van der Waals surface area contributed by atoms with Crippen molar-refractivity contribution in [1.82, 2.24) is 4.57 Å². The molecule has 0 amide bonds. The largest absolute Gasteiger partial charge is 0.478 e. The summed E-state index contributed by atoms with van der Waals surface area (Å²) in [5.74, 6) is -0.884. The van der Waals surface area contributed by atoms with Crippen LogP contribution in [0.2, 0.25) is 0 Å². The maximum absolute atomic E-state index is 11.0. The number of hydrogen-bond acceptors (Lipinski definition) is 1. The minimum Gasteiger partial charge on any atom is -0.478 e. The van der Waals surface area contributed by atoms with Crippen molar-refractivity contribution < 1.29 is 9.90 Å². The second-order valence-corrected chi connectivity index (χ2v) is 6.09. The van der Waals surface area contributed by atoms with E-state index in [-0.39, 0.29) is 0 Å². The first-order valence-corrected chi connectivity index (χ1v) is 8.65. The molecule has 3 nitrogen and oxygen atoms in total. The maximum atomic E-state index is 11.0. The summed E-state index contributed by atoms with van der Waals surface area (Å²) in [7, 11) is 0. The van der Waals surface area contributed by atoms with Crippen molar-refractivity contribution >= 4 is 22.4 Å². The summed E-state index contributed by atoms with van der Waals surface area (Å²) in [6.07, 6.45) is 8.96. The van der Waals surface area contributed by atoms with E-state index in [1.807, 2.05) is 13.0 Å². The molecule has 2 rings (SSSR count). The fourth-order valence-corrected chi connectivity index (χ4v) is 3.31. The van der Waals surface area contributed by atoms with Crippen molar-refractivity contribution in [2.24, 2.45) is 0 Å². The minimum atomic E-state index is -0.884. The van der Waals surface area contributed by atoms with Gasteiger partial charge >= 0.3 is 5.97 Å². The zero-order valence-electron chi connectivity index (χ0n) is 14.4. The normalized spacial score (nSPS) is 12.3. The number of fused-ring (bicyclic) bond motifs is 1. The second-order valence-electron chi connectivity index (χ2n) is 6.09. The Labute approximate surface area is 138 Å². The topological polar surface area (TPSA) is 42.2 Å². The average Bonchev–Trinajstić information content (AvgIpc) is 2.95. The number of carboxylic acids is 1. The van der Waals surface area contributed by atoms with E-state index in [0.717, 1.165) is 11.1 Å². The molecule has 124 valence electrons. The molecule has 1 aromatic carbocycles. The third kappa shape index (κ3) is 4.04. The fourth-order valence-electron chi connectivity index (χ4n) is 3.31. The van der Waals surface area contributed by atoms with Crippen LogP contribution in [0.3, 0.4) is 0 Å². The molecule has 1 aromatic heterocycles. The number of rotatable bonds is 8. The lowest BCUT2D eigenvalue weighted by Gasteiger charge is -2.19. The molecule has 0 bridgehead atoms. The quantitative estimate of drug-likeness (QED) is 0.639. The number of hydrogen-bond donors (Lipinski definition) is 1. The number of allylic oxidation sites excluding steroid dienone is 1. The monoisotopic (exact) mass is 313 g/mol. The molecule has 0 atom stereocenters. The molecule has 0 saturated carbocycles. The highest BCUT2D eigenvalue weighted by Crippen LogP contribution is 2.29. The number of aliphatic carboxylic acids is 1. The molecule has 0 radical (unpaired) electrons. The Bertz CT molecular complexity index is 691. The van der Waals surface area contributed by atoms with Crippen molar-refractivity contribution in [3.8, 4) is 0 Å². The lowest BCUT2D eigenvalue weighted by Crippen LogP contribution is -2.07. The lowest BCUT2D eigenvalue weighted by molar-refractivity contribution is -0.131. The molecule has 1 heterocycles. The van der Waals surface area contributed by atoms with Gasteiger partial charge in [0, 0.05) is 29.2 Å². The highest BCUT2D eigenvalue weighted by molar-refractivity contribution is 5.92. The van der Waals surface area contributed by atoms with E-state index in [1.54, 1.807) is 0 Å². The number of carbonyl (C=O) groups is 1.